The van der Waals surface area contributed by atoms with E-state index in [1.165, 1.54) is 11.3 Å². The summed E-state index contributed by atoms with van der Waals surface area (Å²) < 4.78 is 20.0. The first-order valence-corrected chi connectivity index (χ1v) is 9.17. The lowest BCUT2D eigenvalue weighted by molar-refractivity contribution is 0.0520. The van der Waals surface area contributed by atoms with Crippen molar-refractivity contribution in [3.05, 3.63) is 27.7 Å². The van der Waals surface area contributed by atoms with Gasteiger partial charge in [0.1, 0.15) is 5.01 Å². The van der Waals surface area contributed by atoms with Crippen molar-refractivity contribution in [2.75, 3.05) is 6.61 Å². The average molecular weight is 345 g/mol. The fourth-order valence-electron chi connectivity index (χ4n) is 1.51. The molecule has 0 aromatic carbocycles. The second kappa shape index (κ2) is 7.99. The summed E-state index contributed by atoms with van der Waals surface area (Å²) in [6.45, 7) is 11.7. The Morgan fingerprint density at radius 3 is 2.68 bits per heavy atom. The van der Waals surface area contributed by atoms with Gasteiger partial charge >= 0.3 is 5.97 Å². The minimum absolute atomic E-state index is 0.279. The van der Waals surface area contributed by atoms with Gasteiger partial charge in [0.05, 0.1) is 28.4 Å². The van der Waals surface area contributed by atoms with Crippen LogP contribution in [-0.4, -0.2) is 26.5 Å². The molecule has 0 aliphatic carbocycles. The number of hydrogen-bond acceptors (Lipinski definition) is 5. The quantitative estimate of drug-likeness (QED) is 0.634. The predicted molar refractivity (Wildman–Crippen MR) is 91.3 cm³/mol. The number of ether oxygens (including phenoxy) is 1. The number of carbonyl (C=O) groups excluding carboxylic acids is 1. The van der Waals surface area contributed by atoms with Gasteiger partial charge in [-0.15, -0.1) is 11.3 Å². The summed E-state index contributed by atoms with van der Waals surface area (Å²) in [6, 6.07) is -0.279. The first-order chi connectivity index (χ1) is 10.2. The number of esters is 1. The van der Waals surface area contributed by atoms with E-state index in [-0.39, 0.29) is 10.8 Å². The van der Waals surface area contributed by atoms with Gasteiger partial charge in [0, 0.05) is 5.38 Å². The van der Waals surface area contributed by atoms with E-state index in [1.54, 1.807) is 12.3 Å². The molecule has 0 unspecified atom stereocenters. The predicted octanol–water partition coefficient (Wildman–Crippen LogP) is 3.38. The number of thiazole rings is 1. The van der Waals surface area contributed by atoms with Crippen molar-refractivity contribution < 1.29 is 13.7 Å². The molecular formula is C15H24N2O3S2. The van der Waals surface area contributed by atoms with Gasteiger partial charge in [-0.05, 0) is 41.5 Å². The van der Waals surface area contributed by atoms with Crippen molar-refractivity contribution in [2.24, 2.45) is 0 Å². The van der Waals surface area contributed by atoms with Crippen molar-refractivity contribution in [3.63, 3.8) is 0 Å². The first kappa shape index (κ1) is 19.0. The van der Waals surface area contributed by atoms with Gasteiger partial charge in [0.2, 0.25) is 0 Å². The minimum Gasteiger partial charge on any atom is -0.461 e. The molecule has 0 saturated heterocycles. The summed E-state index contributed by atoms with van der Waals surface area (Å²) in [6.07, 6.45) is 1.95. The number of aromatic nitrogens is 1. The van der Waals surface area contributed by atoms with Crippen molar-refractivity contribution in [1.29, 1.82) is 0 Å². The van der Waals surface area contributed by atoms with E-state index < -0.39 is 17.0 Å². The van der Waals surface area contributed by atoms with Crippen LogP contribution in [0.5, 0.6) is 0 Å². The maximum Gasteiger partial charge on any atom is 0.357 e. The lowest BCUT2D eigenvalue weighted by Gasteiger charge is -2.23. The molecule has 2 atom stereocenters. The maximum absolute atomic E-state index is 12.4. The molecule has 0 fully saturated rings. The van der Waals surface area contributed by atoms with Gasteiger partial charge in [0.25, 0.3) is 0 Å². The Morgan fingerprint density at radius 2 is 2.18 bits per heavy atom. The third-order valence-electron chi connectivity index (χ3n) is 2.95. The second-order valence-electron chi connectivity index (χ2n) is 5.76. The molecule has 124 valence electrons. The summed E-state index contributed by atoms with van der Waals surface area (Å²) in [4.78, 5) is 16.1. The van der Waals surface area contributed by atoms with Crippen LogP contribution in [0.2, 0.25) is 0 Å². The molecular weight excluding hydrogens is 320 g/mol. The zero-order valence-electron chi connectivity index (χ0n) is 13.9. The van der Waals surface area contributed by atoms with Gasteiger partial charge in [-0.1, -0.05) is 11.6 Å². The van der Waals surface area contributed by atoms with Crippen molar-refractivity contribution >= 4 is 28.3 Å². The molecule has 7 heteroatoms. The molecule has 0 spiro atoms. The monoisotopic (exact) mass is 344 g/mol. The molecule has 0 saturated carbocycles. The van der Waals surface area contributed by atoms with E-state index in [2.05, 4.69) is 9.71 Å². The molecule has 1 aromatic heterocycles. The Labute approximate surface area is 138 Å². The molecule has 5 nitrogen and oxygen atoms in total. The first-order valence-electron chi connectivity index (χ1n) is 7.14. The van der Waals surface area contributed by atoms with Crippen LogP contribution in [0.4, 0.5) is 0 Å². The lowest BCUT2D eigenvalue weighted by Crippen LogP contribution is -2.36. The molecule has 1 rings (SSSR count). The zero-order valence-corrected chi connectivity index (χ0v) is 15.6. The number of allylic oxidation sites excluding steroid dienone is 1. The number of nitrogens with zero attached hydrogens (tertiary/aromatic N) is 1. The normalized spacial score (nSPS) is 15.5. The Balaban J connectivity index is 3.04. The highest BCUT2D eigenvalue weighted by Gasteiger charge is 2.26. The van der Waals surface area contributed by atoms with Crippen LogP contribution < -0.4 is 4.72 Å². The van der Waals surface area contributed by atoms with Crippen molar-refractivity contribution in [1.82, 2.24) is 9.71 Å². The van der Waals surface area contributed by atoms with E-state index in [0.717, 1.165) is 5.57 Å². The van der Waals surface area contributed by atoms with E-state index >= 15 is 0 Å². The molecule has 1 aromatic rings. The van der Waals surface area contributed by atoms with Crippen LogP contribution in [0.25, 0.3) is 0 Å². The molecule has 0 aliphatic rings. The third kappa shape index (κ3) is 5.00. The van der Waals surface area contributed by atoms with Crippen LogP contribution in [0.15, 0.2) is 17.0 Å². The van der Waals surface area contributed by atoms with Gasteiger partial charge in [-0.25, -0.2) is 18.7 Å². The van der Waals surface area contributed by atoms with Gasteiger partial charge in [-0.3, -0.25) is 0 Å². The SMILES string of the molecule is C/C=C(/C)[C@H](N[S@@](=O)C(C)(C)C)c1nc(C(=O)OCC)cs1. The van der Waals surface area contributed by atoms with Crippen molar-refractivity contribution in [3.8, 4) is 0 Å². The Bertz CT molecular complexity index is 574. The van der Waals surface area contributed by atoms with Crippen molar-refractivity contribution in [2.45, 2.75) is 52.3 Å². The van der Waals surface area contributed by atoms with Crippen LogP contribution >= 0.6 is 11.3 Å². The fraction of sp³-hybridized carbons (Fsp3) is 0.600. The Kier molecular flexibility index (Phi) is 6.90. The number of nitrogens with one attached hydrogen (secondary N) is 1. The van der Waals surface area contributed by atoms with Crippen LogP contribution in [-0.2, 0) is 15.7 Å². The van der Waals surface area contributed by atoms with E-state index in [1.807, 2.05) is 40.7 Å². The molecule has 0 bridgehead atoms. The zero-order chi connectivity index (χ0) is 16.9. The largest absolute Gasteiger partial charge is 0.461 e. The van der Waals surface area contributed by atoms with E-state index in [9.17, 15) is 9.00 Å². The number of hydrogen-bond donors (Lipinski definition) is 1. The van der Waals surface area contributed by atoms with Gasteiger partial charge in [0.15, 0.2) is 5.69 Å². The average Bonchev–Trinajstić information content (AvgIpc) is 2.92. The summed E-state index contributed by atoms with van der Waals surface area (Å²) in [5.74, 6) is -0.432. The van der Waals surface area contributed by atoms with Gasteiger partial charge in [-0.2, -0.15) is 0 Å². The van der Waals surface area contributed by atoms with E-state index in [0.29, 0.717) is 17.3 Å². The second-order valence-corrected chi connectivity index (χ2v) is 8.64. The molecule has 1 heterocycles. The fourth-order valence-corrected chi connectivity index (χ4v) is 3.36. The number of rotatable bonds is 6. The number of carbonyl (C=O) groups is 1. The molecule has 1 N–H and O–H groups in total. The maximum atomic E-state index is 12.4. The van der Waals surface area contributed by atoms with E-state index in [4.69, 9.17) is 4.74 Å². The molecule has 0 aliphatic heterocycles. The molecule has 0 amide bonds. The smallest absolute Gasteiger partial charge is 0.357 e. The Morgan fingerprint density at radius 1 is 1.55 bits per heavy atom. The third-order valence-corrected chi connectivity index (χ3v) is 5.42. The standard InChI is InChI=1S/C15H24N2O3S2/c1-7-10(3)12(17-22(19)15(4,5)6)13-16-11(9-21-13)14(18)20-8-2/h7,9,12,17H,8H2,1-6H3/b10-7-/t12-,22-/m0/s1. The Hall–Kier alpha value is -1.05. The summed E-state index contributed by atoms with van der Waals surface area (Å²) in [7, 11) is -1.24. The lowest BCUT2D eigenvalue weighted by atomic mass is 10.1. The van der Waals surface area contributed by atoms with Gasteiger partial charge < -0.3 is 4.74 Å². The highest BCUT2D eigenvalue weighted by atomic mass is 32.2. The van der Waals surface area contributed by atoms with Crippen LogP contribution in [0.1, 0.15) is 63.1 Å². The summed E-state index contributed by atoms with van der Waals surface area (Å²) >= 11 is 1.36. The minimum atomic E-state index is -1.24. The molecule has 22 heavy (non-hydrogen) atoms. The summed E-state index contributed by atoms with van der Waals surface area (Å²) in [5, 5.41) is 2.38. The van der Waals surface area contributed by atoms with Crippen LogP contribution in [0.3, 0.4) is 0 Å². The summed E-state index contributed by atoms with van der Waals surface area (Å²) in [5.41, 5.74) is 1.29. The highest BCUT2D eigenvalue weighted by molar-refractivity contribution is 7.84. The topological polar surface area (TPSA) is 68.3 Å². The highest BCUT2D eigenvalue weighted by Crippen LogP contribution is 2.27. The molecule has 0 radical (unpaired) electrons. The van der Waals surface area contributed by atoms with Crippen LogP contribution in [0, 0.1) is 0 Å².